The smallest absolute Gasteiger partial charge is 0.0839 e. The molecule has 2 N–H and O–H groups in total. The average molecular weight is 126 g/mol. The van der Waals surface area contributed by atoms with Gasteiger partial charge < -0.3 is 5.73 Å². The zero-order valence-corrected chi connectivity index (χ0v) is 5.41. The summed E-state index contributed by atoms with van der Waals surface area (Å²) in [5, 5.41) is 7.91. The fourth-order valence-electron chi connectivity index (χ4n) is 0.650. The summed E-state index contributed by atoms with van der Waals surface area (Å²) >= 11 is 0. The molecule has 0 unspecified atom stereocenters. The van der Waals surface area contributed by atoms with Gasteiger partial charge in [0.05, 0.1) is 11.9 Å². The summed E-state index contributed by atoms with van der Waals surface area (Å²) in [5.41, 5.74) is 6.25. The van der Waals surface area contributed by atoms with E-state index in [-0.39, 0.29) is 0 Å². The lowest BCUT2D eigenvalue weighted by Crippen LogP contribution is -2.03. The number of hydrogen-bond acceptors (Lipinski definition) is 3. The van der Waals surface area contributed by atoms with Crippen molar-refractivity contribution in [3.05, 3.63) is 11.9 Å². The monoisotopic (exact) mass is 126 g/mol. The van der Waals surface area contributed by atoms with Crippen LogP contribution in [0.3, 0.4) is 0 Å². The van der Waals surface area contributed by atoms with E-state index in [9.17, 15) is 0 Å². The van der Waals surface area contributed by atoms with Crippen LogP contribution in [0.4, 0.5) is 0 Å². The second-order valence-corrected chi connectivity index (χ2v) is 1.86. The second kappa shape index (κ2) is 2.59. The summed E-state index contributed by atoms with van der Waals surface area (Å²) in [6.45, 7) is 0.638. The molecule has 0 radical (unpaired) electrons. The molecule has 4 nitrogen and oxygen atoms in total. The Morgan fingerprint density at radius 3 is 3.00 bits per heavy atom. The summed E-state index contributed by atoms with van der Waals surface area (Å²) in [5.74, 6) is 0. The van der Waals surface area contributed by atoms with Crippen LogP contribution in [0, 0.1) is 0 Å². The van der Waals surface area contributed by atoms with Crippen LogP contribution in [0.5, 0.6) is 0 Å². The molecular weight excluding hydrogens is 116 g/mol. The Labute approximate surface area is 53.7 Å². The van der Waals surface area contributed by atoms with Gasteiger partial charge in [-0.3, -0.25) is 0 Å². The molecule has 0 bridgehead atoms. The largest absolute Gasteiger partial charge is 0.330 e. The SMILES string of the molecule is Cn1ncc(CCN)n1. The Bertz CT molecular complexity index is 181. The quantitative estimate of drug-likeness (QED) is 0.571. The van der Waals surface area contributed by atoms with Crippen molar-refractivity contribution < 1.29 is 0 Å². The molecule has 0 fully saturated rings. The third-order valence-corrected chi connectivity index (χ3v) is 1.05. The molecule has 0 saturated carbocycles. The molecule has 0 spiro atoms. The molecule has 1 aromatic heterocycles. The molecular formula is C5H10N4. The van der Waals surface area contributed by atoms with E-state index < -0.39 is 0 Å². The van der Waals surface area contributed by atoms with E-state index in [0.717, 1.165) is 12.1 Å². The summed E-state index contributed by atoms with van der Waals surface area (Å²) < 4.78 is 0. The first-order valence-electron chi connectivity index (χ1n) is 2.88. The summed E-state index contributed by atoms with van der Waals surface area (Å²) in [6, 6.07) is 0. The molecule has 50 valence electrons. The van der Waals surface area contributed by atoms with Crippen molar-refractivity contribution in [2.24, 2.45) is 12.8 Å². The summed E-state index contributed by atoms with van der Waals surface area (Å²) in [4.78, 5) is 1.53. The number of rotatable bonds is 2. The molecule has 0 aliphatic heterocycles. The molecule has 1 heterocycles. The van der Waals surface area contributed by atoms with Gasteiger partial charge in [-0.15, -0.1) is 0 Å². The Morgan fingerprint density at radius 2 is 2.56 bits per heavy atom. The van der Waals surface area contributed by atoms with Crippen LogP contribution in [0.25, 0.3) is 0 Å². The van der Waals surface area contributed by atoms with Crippen molar-refractivity contribution in [1.82, 2.24) is 15.0 Å². The summed E-state index contributed by atoms with van der Waals surface area (Å²) in [6.07, 6.45) is 2.54. The zero-order valence-electron chi connectivity index (χ0n) is 5.41. The highest BCUT2D eigenvalue weighted by molar-refractivity contribution is 4.90. The molecule has 0 aliphatic rings. The maximum atomic E-state index is 5.29. The van der Waals surface area contributed by atoms with Crippen LogP contribution in [-0.4, -0.2) is 21.5 Å². The van der Waals surface area contributed by atoms with Crippen molar-refractivity contribution in [3.63, 3.8) is 0 Å². The Kier molecular flexibility index (Phi) is 1.79. The predicted octanol–water partition coefficient (Wildman–Crippen LogP) is -0.684. The highest BCUT2D eigenvalue weighted by Crippen LogP contribution is 1.88. The molecule has 1 aromatic rings. The Balaban J connectivity index is 2.61. The van der Waals surface area contributed by atoms with Gasteiger partial charge in [0.15, 0.2) is 0 Å². The average Bonchev–Trinajstić information content (AvgIpc) is 2.17. The minimum absolute atomic E-state index is 0.638. The molecule has 0 aliphatic carbocycles. The molecule has 1 rings (SSSR count). The maximum Gasteiger partial charge on any atom is 0.0839 e. The Hall–Kier alpha value is -0.900. The van der Waals surface area contributed by atoms with E-state index in [0.29, 0.717) is 6.54 Å². The molecule has 0 atom stereocenters. The number of aryl methyl sites for hydroxylation is 1. The lowest BCUT2D eigenvalue weighted by molar-refractivity contribution is 0.644. The van der Waals surface area contributed by atoms with Gasteiger partial charge in [-0.05, 0) is 6.54 Å². The minimum atomic E-state index is 0.638. The van der Waals surface area contributed by atoms with Gasteiger partial charge >= 0.3 is 0 Å². The van der Waals surface area contributed by atoms with Crippen LogP contribution in [-0.2, 0) is 13.5 Å². The highest BCUT2D eigenvalue weighted by Gasteiger charge is 1.93. The Morgan fingerprint density at radius 1 is 1.78 bits per heavy atom. The number of aromatic nitrogens is 3. The van der Waals surface area contributed by atoms with E-state index in [2.05, 4.69) is 10.2 Å². The standard InChI is InChI=1S/C5H10N4/c1-9-7-4-5(8-9)2-3-6/h4H,2-3,6H2,1H3. The molecule has 4 heteroatoms. The van der Waals surface area contributed by atoms with Gasteiger partial charge in [0.2, 0.25) is 0 Å². The van der Waals surface area contributed by atoms with E-state index in [1.165, 1.54) is 4.80 Å². The van der Waals surface area contributed by atoms with Crippen molar-refractivity contribution in [3.8, 4) is 0 Å². The van der Waals surface area contributed by atoms with E-state index in [4.69, 9.17) is 5.73 Å². The number of nitrogens with zero attached hydrogens (tertiary/aromatic N) is 3. The van der Waals surface area contributed by atoms with Crippen molar-refractivity contribution >= 4 is 0 Å². The van der Waals surface area contributed by atoms with Gasteiger partial charge in [-0.25, -0.2) is 0 Å². The highest BCUT2D eigenvalue weighted by atomic mass is 15.4. The van der Waals surface area contributed by atoms with Gasteiger partial charge in [-0.1, -0.05) is 0 Å². The molecule has 0 amide bonds. The number of hydrogen-bond donors (Lipinski definition) is 1. The van der Waals surface area contributed by atoms with Crippen LogP contribution in [0.15, 0.2) is 6.20 Å². The topological polar surface area (TPSA) is 56.7 Å². The van der Waals surface area contributed by atoms with E-state index in [1.807, 2.05) is 0 Å². The maximum absolute atomic E-state index is 5.29. The van der Waals surface area contributed by atoms with E-state index in [1.54, 1.807) is 13.2 Å². The van der Waals surface area contributed by atoms with Crippen molar-refractivity contribution in [2.45, 2.75) is 6.42 Å². The first-order chi connectivity index (χ1) is 4.33. The zero-order chi connectivity index (χ0) is 6.69. The van der Waals surface area contributed by atoms with Crippen molar-refractivity contribution in [2.75, 3.05) is 6.54 Å². The van der Waals surface area contributed by atoms with Gasteiger partial charge in [-0.2, -0.15) is 15.0 Å². The third kappa shape index (κ3) is 1.50. The fourth-order valence-corrected chi connectivity index (χ4v) is 0.650. The lowest BCUT2D eigenvalue weighted by atomic mass is 10.3. The van der Waals surface area contributed by atoms with Crippen LogP contribution in [0.1, 0.15) is 5.69 Å². The van der Waals surface area contributed by atoms with Gasteiger partial charge in [0, 0.05) is 13.5 Å². The third-order valence-electron chi connectivity index (χ3n) is 1.05. The first kappa shape index (κ1) is 6.22. The predicted molar refractivity (Wildman–Crippen MR) is 33.8 cm³/mol. The first-order valence-corrected chi connectivity index (χ1v) is 2.88. The number of nitrogens with two attached hydrogens (primary N) is 1. The van der Waals surface area contributed by atoms with Crippen molar-refractivity contribution in [1.29, 1.82) is 0 Å². The van der Waals surface area contributed by atoms with Crippen LogP contribution < -0.4 is 5.73 Å². The summed E-state index contributed by atoms with van der Waals surface area (Å²) in [7, 11) is 1.79. The lowest BCUT2D eigenvalue weighted by Gasteiger charge is -1.85. The molecule has 0 aromatic carbocycles. The van der Waals surface area contributed by atoms with Gasteiger partial charge in [0.1, 0.15) is 0 Å². The molecule has 9 heavy (non-hydrogen) atoms. The van der Waals surface area contributed by atoms with Crippen LogP contribution in [0.2, 0.25) is 0 Å². The van der Waals surface area contributed by atoms with Gasteiger partial charge in [0.25, 0.3) is 0 Å². The second-order valence-electron chi connectivity index (χ2n) is 1.86. The van der Waals surface area contributed by atoms with Crippen LogP contribution >= 0.6 is 0 Å². The normalized spacial score (nSPS) is 10.0. The fraction of sp³-hybridized carbons (Fsp3) is 0.600. The molecule has 0 saturated heterocycles. The minimum Gasteiger partial charge on any atom is -0.330 e. The van der Waals surface area contributed by atoms with E-state index >= 15 is 0 Å².